The number of nitro groups is 1. The van der Waals surface area contributed by atoms with Gasteiger partial charge in [0, 0.05) is 29.7 Å². The van der Waals surface area contributed by atoms with Crippen LogP contribution >= 0.6 is 0 Å². The third-order valence-corrected chi connectivity index (χ3v) is 3.92. The number of nitro benzene ring substituents is 1. The number of non-ortho nitro benzene ring substituents is 1. The molecule has 30 heavy (non-hydrogen) atoms. The van der Waals surface area contributed by atoms with Crippen molar-refractivity contribution in [3.05, 3.63) is 101 Å². The van der Waals surface area contributed by atoms with Crippen molar-refractivity contribution < 1.29 is 14.5 Å². The maximum atomic E-state index is 12.2. The molecule has 0 unspecified atom stereocenters. The van der Waals surface area contributed by atoms with E-state index in [1.807, 2.05) is 36.4 Å². The number of rotatable bonds is 7. The minimum absolute atomic E-state index is 0.0922. The Bertz CT molecular complexity index is 1100. The summed E-state index contributed by atoms with van der Waals surface area (Å²) in [4.78, 5) is 22.4. The van der Waals surface area contributed by atoms with Gasteiger partial charge in [-0.15, -0.1) is 0 Å². The van der Waals surface area contributed by atoms with Gasteiger partial charge in [-0.2, -0.15) is 5.26 Å². The lowest BCUT2D eigenvalue weighted by molar-refractivity contribution is -0.384. The van der Waals surface area contributed by atoms with Crippen LogP contribution in [0.3, 0.4) is 0 Å². The van der Waals surface area contributed by atoms with E-state index in [9.17, 15) is 20.2 Å². The number of hydrogen-bond donors (Lipinski definition) is 2. The minimum atomic E-state index is -0.636. The molecular formula is C22H16N4O4. The summed E-state index contributed by atoms with van der Waals surface area (Å²) in [6.07, 6.45) is 1.29. The predicted molar refractivity (Wildman–Crippen MR) is 112 cm³/mol. The summed E-state index contributed by atoms with van der Waals surface area (Å²) in [7, 11) is 0. The van der Waals surface area contributed by atoms with Crippen molar-refractivity contribution in [1.82, 2.24) is 0 Å². The summed E-state index contributed by atoms with van der Waals surface area (Å²) in [6.45, 7) is 0. The Morgan fingerprint density at radius 3 is 2.13 bits per heavy atom. The number of hydrogen-bond acceptors (Lipinski definition) is 6. The quantitative estimate of drug-likeness (QED) is 0.253. The van der Waals surface area contributed by atoms with Crippen LogP contribution in [0.1, 0.15) is 0 Å². The molecule has 148 valence electrons. The third kappa shape index (κ3) is 5.43. The molecule has 8 heteroatoms. The van der Waals surface area contributed by atoms with Crippen molar-refractivity contribution in [3.63, 3.8) is 0 Å². The maximum absolute atomic E-state index is 12.2. The zero-order chi connectivity index (χ0) is 21.3. The molecule has 3 aromatic rings. The van der Waals surface area contributed by atoms with Gasteiger partial charge in [0.2, 0.25) is 0 Å². The lowest BCUT2D eigenvalue weighted by Gasteiger charge is -2.07. The number of ether oxygens (including phenoxy) is 1. The number of amides is 1. The number of carbonyl (C=O) groups excluding carboxylic acids is 1. The first-order chi connectivity index (χ1) is 14.5. The first-order valence-electron chi connectivity index (χ1n) is 8.81. The fraction of sp³-hybridized carbons (Fsp3) is 0. The van der Waals surface area contributed by atoms with E-state index in [0.717, 1.165) is 0 Å². The normalized spacial score (nSPS) is 10.6. The topological polar surface area (TPSA) is 117 Å². The molecule has 0 saturated heterocycles. The summed E-state index contributed by atoms with van der Waals surface area (Å²) in [6, 6.07) is 23.5. The SMILES string of the molecule is N#C/C(=C/Nc1ccc(Oc2ccccc2)cc1)C(=O)Nc1ccc([N+](=O)[O-])cc1. The molecular weight excluding hydrogens is 384 g/mol. The fourth-order valence-corrected chi connectivity index (χ4v) is 2.41. The van der Waals surface area contributed by atoms with E-state index >= 15 is 0 Å². The standard InChI is InChI=1S/C22H16N4O4/c23-14-16(22(27)25-18-6-10-19(11-7-18)26(28)29)15-24-17-8-12-21(13-9-17)30-20-4-2-1-3-5-20/h1-13,15,24H,(H,25,27)/b16-15-. The van der Waals surface area contributed by atoms with Gasteiger partial charge in [-0.05, 0) is 48.5 Å². The Balaban J connectivity index is 1.61. The second-order valence-electron chi connectivity index (χ2n) is 6.01. The molecule has 8 nitrogen and oxygen atoms in total. The molecule has 0 spiro atoms. The van der Waals surface area contributed by atoms with Crippen LogP contribution in [-0.4, -0.2) is 10.8 Å². The molecule has 3 aromatic carbocycles. The number of benzene rings is 3. The van der Waals surface area contributed by atoms with Gasteiger partial charge < -0.3 is 15.4 Å². The van der Waals surface area contributed by atoms with Crippen LogP contribution in [0.15, 0.2) is 90.6 Å². The smallest absolute Gasteiger partial charge is 0.269 e. The molecule has 0 aliphatic carbocycles. The summed E-state index contributed by atoms with van der Waals surface area (Å²) in [5, 5.41) is 25.3. The fourth-order valence-electron chi connectivity index (χ4n) is 2.41. The maximum Gasteiger partial charge on any atom is 0.269 e. The van der Waals surface area contributed by atoms with E-state index in [1.54, 1.807) is 24.3 Å². The highest BCUT2D eigenvalue weighted by Gasteiger charge is 2.11. The highest BCUT2D eigenvalue weighted by molar-refractivity contribution is 6.06. The van der Waals surface area contributed by atoms with Crippen LogP contribution in [0.2, 0.25) is 0 Å². The Morgan fingerprint density at radius 1 is 0.933 bits per heavy atom. The third-order valence-electron chi connectivity index (χ3n) is 3.92. The Kier molecular flexibility index (Phi) is 6.38. The van der Waals surface area contributed by atoms with E-state index < -0.39 is 10.8 Å². The summed E-state index contributed by atoms with van der Waals surface area (Å²) < 4.78 is 5.71. The first-order valence-corrected chi connectivity index (χ1v) is 8.81. The van der Waals surface area contributed by atoms with E-state index in [1.165, 1.54) is 30.5 Å². The van der Waals surface area contributed by atoms with Gasteiger partial charge in [-0.3, -0.25) is 14.9 Å². The van der Waals surface area contributed by atoms with E-state index in [-0.39, 0.29) is 11.3 Å². The average molecular weight is 400 g/mol. The number of nitrogens with zero attached hydrogens (tertiary/aromatic N) is 2. The van der Waals surface area contributed by atoms with E-state index in [4.69, 9.17) is 4.74 Å². The van der Waals surface area contributed by atoms with Gasteiger partial charge in [0.15, 0.2) is 0 Å². The average Bonchev–Trinajstić information content (AvgIpc) is 2.76. The van der Waals surface area contributed by atoms with Crippen LogP contribution in [0.5, 0.6) is 11.5 Å². The lowest BCUT2D eigenvalue weighted by atomic mass is 10.2. The van der Waals surface area contributed by atoms with Gasteiger partial charge in [0.05, 0.1) is 4.92 Å². The minimum Gasteiger partial charge on any atom is -0.457 e. The van der Waals surface area contributed by atoms with Crippen molar-refractivity contribution >= 4 is 23.0 Å². The Labute approximate surface area is 172 Å². The Morgan fingerprint density at radius 2 is 1.53 bits per heavy atom. The molecule has 2 N–H and O–H groups in total. The summed E-state index contributed by atoms with van der Waals surface area (Å²) in [5.41, 5.74) is 0.754. The highest BCUT2D eigenvalue weighted by atomic mass is 16.6. The van der Waals surface area contributed by atoms with Crippen LogP contribution in [0.25, 0.3) is 0 Å². The lowest BCUT2D eigenvalue weighted by Crippen LogP contribution is -2.14. The number of para-hydroxylation sites is 1. The monoisotopic (exact) mass is 400 g/mol. The van der Waals surface area contributed by atoms with Gasteiger partial charge in [0.25, 0.3) is 11.6 Å². The molecule has 0 aliphatic heterocycles. The number of nitriles is 1. The molecule has 0 radical (unpaired) electrons. The van der Waals surface area contributed by atoms with Crippen molar-refractivity contribution in [2.24, 2.45) is 0 Å². The zero-order valence-electron chi connectivity index (χ0n) is 15.6. The van der Waals surface area contributed by atoms with E-state index in [2.05, 4.69) is 10.6 Å². The molecule has 3 rings (SSSR count). The molecule has 0 aliphatic rings. The predicted octanol–water partition coefficient (Wildman–Crippen LogP) is 4.85. The van der Waals surface area contributed by atoms with Crippen molar-refractivity contribution in [3.8, 4) is 17.6 Å². The van der Waals surface area contributed by atoms with Gasteiger partial charge in [-0.25, -0.2) is 0 Å². The van der Waals surface area contributed by atoms with Crippen LogP contribution in [-0.2, 0) is 4.79 Å². The largest absolute Gasteiger partial charge is 0.457 e. The molecule has 0 aromatic heterocycles. The van der Waals surface area contributed by atoms with Crippen LogP contribution in [0, 0.1) is 21.4 Å². The van der Waals surface area contributed by atoms with Crippen molar-refractivity contribution in [1.29, 1.82) is 5.26 Å². The van der Waals surface area contributed by atoms with Crippen LogP contribution in [0.4, 0.5) is 17.1 Å². The molecule has 0 bridgehead atoms. The van der Waals surface area contributed by atoms with Crippen LogP contribution < -0.4 is 15.4 Å². The summed E-state index contributed by atoms with van der Waals surface area (Å²) >= 11 is 0. The number of carbonyl (C=O) groups is 1. The molecule has 1 amide bonds. The van der Waals surface area contributed by atoms with Gasteiger partial charge >= 0.3 is 0 Å². The number of nitrogens with one attached hydrogen (secondary N) is 2. The zero-order valence-corrected chi connectivity index (χ0v) is 15.6. The van der Waals surface area contributed by atoms with E-state index in [0.29, 0.717) is 22.9 Å². The van der Waals surface area contributed by atoms with Gasteiger partial charge in [-0.1, -0.05) is 18.2 Å². The Hall–Kier alpha value is -4.64. The van der Waals surface area contributed by atoms with Gasteiger partial charge in [0.1, 0.15) is 23.1 Å². The highest BCUT2D eigenvalue weighted by Crippen LogP contribution is 2.23. The second kappa shape index (κ2) is 9.52. The van der Waals surface area contributed by atoms with Crippen molar-refractivity contribution in [2.75, 3.05) is 10.6 Å². The molecule has 0 saturated carbocycles. The molecule has 0 atom stereocenters. The van der Waals surface area contributed by atoms with Crippen molar-refractivity contribution in [2.45, 2.75) is 0 Å². The molecule has 0 heterocycles. The molecule has 0 fully saturated rings. The summed E-state index contributed by atoms with van der Waals surface area (Å²) in [5.74, 6) is 0.725. The second-order valence-corrected chi connectivity index (χ2v) is 6.01. The first kappa shape index (κ1) is 20.1. The number of anilines is 2.